The van der Waals surface area contributed by atoms with Gasteiger partial charge in [-0.1, -0.05) is 6.42 Å². The van der Waals surface area contributed by atoms with Crippen LogP contribution in [-0.2, 0) is 15.6 Å². The fraction of sp³-hybridized carbons (Fsp3) is 0.500. The Morgan fingerprint density at radius 1 is 1.18 bits per heavy atom. The number of piperidine rings is 1. The zero-order valence-electron chi connectivity index (χ0n) is 17.8. The summed E-state index contributed by atoms with van der Waals surface area (Å²) in [5.41, 5.74) is -4.07. The minimum atomic E-state index is -5.06. The van der Waals surface area contributed by atoms with Crippen molar-refractivity contribution in [2.75, 3.05) is 25.0 Å². The molecule has 1 unspecified atom stereocenters. The van der Waals surface area contributed by atoms with Crippen molar-refractivity contribution in [3.63, 3.8) is 0 Å². The number of nitrogens with zero attached hydrogens (tertiary/aromatic N) is 2. The second-order valence-electron chi connectivity index (χ2n) is 7.85. The number of sulfonamides is 1. The molecular formula is C20H24F3N3O6S. The number of hydrogen-bond acceptors (Lipinski definition) is 7. The van der Waals surface area contributed by atoms with Crippen LogP contribution in [0, 0.1) is 17.0 Å². The van der Waals surface area contributed by atoms with E-state index in [9.17, 15) is 36.8 Å². The average Bonchev–Trinajstić information content (AvgIpc) is 3.20. The third kappa shape index (κ3) is 5.14. The average molecular weight is 491 g/mol. The smallest absolute Gasteiger partial charge is 0.424 e. The highest BCUT2D eigenvalue weighted by atomic mass is 32.2. The molecule has 1 aliphatic rings. The van der Waals surface area contributed by atoms with E-state index in [1.165, 1.54) is 23.4 Å². The molecule has 2 aromatic rings. The van der Waals surface area contributed by atoms with Crippen molar-refractivity contribution in [1.82, 2.24) is 4.31 Å². The fourth-order valence-corrected chi connectivity index (χ4v) is 5.20. The van der Waals surface area contributed by atoms with E-state index in [1.54, 1.807) is 0 Å². The first-order valence-corrected chi connectivity index (χ1v) is 11.7. The summed E-state index contributed by atoms with van der Waals surface area (Å²) in [5.74, 6) is -0.506. The molecule has 0 radical (unpaired) electrons. The summed E-state index contributed by atoms with van der Waals surface area (Å²) in [6.07, 6.45) is -3.67. The SMILES string of the molecule is Cc1ccc(C(O)(CCNc2ccc(S(=O)(=O)N3CCCCC3)cc2[N+](=O)[O-])C(F)(F)F)o1. The van der Waals surface area contributed by atoms with Crippen LogP contribution in [0.2, 0.25) is 0 Å². The molecule has 0 spiro atoms. The molecule has 0 bridgehead atoms. The highest BCUT2D eigenvalue weighted by Gasteiger charge is 2.56. The molecule has 33 heavy (non-hydrogen) atoms. The summed E-state index contributed by atoms with van der Waals surface area (Å²) in [5, 5.41) is 24.3. The maximum atomic E-state index is 13.6. The maximum absolute atomic E-state index is 13.6. The van der Waals surface area contributed by atoms with Crippen LogP contribution < -0.4 is 5.32 Å². The molecule has 0 amide bonds. The van der Waals surface area contributed by atoms with Gasteiger partial charge in [0.2, 0.25) is 15.6 Å². The van der Waals surface area contributed by atoms with Crippen molar-refractivity contribution in [1.29, 1.82) is 0 Å². The molecule has 13 heteroatoms. The minimum absolute atomic E-state index is 0.169. The van der Waals surface area contributed by atoms with E-state index in [1.807, 2.05) is 0 Å². The van der Waals surface area contributed by atoms with Gasteiger partial charge in [0.05, 0.1) is 9.82 Å². The van der Waals surface area contributed by atoms with Crippen LogP contribution in [0.3, 0.4) is 0 Å². The molecule has 1 aromatic carbocycles. The van der Waals surface area contributed by atoms with Crippen LogP contribution >= 0.6 is 0 Å². The third-order valence-corrected chi connectivity index (χ3v) is 7.43. The molecule has 182 valence electrons. The number of halogens is 3. The molecule has 2 heterocycles. The molecule has 1 aliphatic heterocycles. The number of aliphatic hydroxyl groups is 1. The minimum Gasteiger partial charge on any atom is -0.463 e. The quantitative estimate of drug-likeness (QED) is 0.423. The molecule has 1 saturated heterocycles. The van der Waals surface area contributed by atoms with Gasteiger partial charge in [-0.25, -0.2) is 8.42 Å². The Hall–Kier alpha value is -2.64. The first-order chi connectivity index (χ1) is 15.4. The van der Waals surface area contributed by atoms with Crippen molar-refractivity contribution in [2.45, 2.75) is 49.3 Å². The predicted molar refractivity (Wildman–Crippen MR) is 112 cm³/mol. The normalized spacial score (nSPS) is 17.5. The number of nitro groups is 1. The molecular weight excluding hydrogens is 467 g/mol. The van der Waals surface area contributed by atoms with E-state index >= 15 is 0 Å². The maximum Gasteiger partial charge on any atom is 0.424 e. The zero-order valence-corrected chi connectivity index (χ0v) is 18.6. The van der Waals surface area contributed by atoms with Crippen LogP contribution in [0.15, 0.2) is 39.6 Å². The Morgan fingerprint density at radius 3 is 2.39 bits per heavy atom. The van der Waals surface area contributed by atoms with Gasteiger partial charge in [0.25, 0.3) is 5.69 Å². The molecule has 1 aromatic heterocycles. The Bertz CT molecular complexity index is 1110. The standard InChI is InChI=1S/C20H24F3N3O6S/c1-14-5-8-18(32-14)19(27,20(21,22)23)9-10-24-16-7-6-15(13-17(16)26(28)29)33(30,31)25-11-3-2-4-12-25/h5-8,13,24,27H,2-4,9-12H2,1H3. The van der Waals surface area contributed by atoms with Crippen molar-refractivity contribution in [2.24, 2.45) is 0 Å². The second-order valence-corrected chi connectivity index (χ2v) is 9.78. The van der Waals surface area contributed by atoms with Crippen LogP contribution in [0.4, 0.5) is 24.5 Å². The lowest BCUT2D eigenvalue weighted by atomic mass is 9.95. The van der Waals surface area contributed by atoms with E-state index in [0.29, 0.717) is 25.9 Å². The lowest BCUT2D eigenvalue weighted by molar-refractivity contribution is -0.384. The fourth-order valence-electron chi connectivity index (χ4n) is 3.67. The van der Waals surface area contributed by atoms with Gasteiger partial charge in [0, 0.05) is 32.1 Å². The number of furan rings is 1. The number of rotatable bonds is 8. The first kappa shape index (κ1) is 25.0. The van der Waals surface area contributed by atoms with Crippen LogP contribution in [0.1, 0.15) is 37.2 Å². The highest BCUT2D eigenvalue weighted by molar-refractivity contribution is 7.89. The molecule has 0 saturated carbocycles. The van der Waals surface area contributed by atoms with Gasteiger partial charge >= 0.3 is 6.18 Å². The lowest BCUT2D eigenvalue weighted by Crippen LogP contribution is -2.43. The number of alkyl halides is 3. The molecule has 0 aliphatic carbocycles. The van der Waals surface area contributed by atoms with Gasteiger partial charge in [-0.3, -0.25) is 10.1 Å². The third-order valence-electron chi connectivity index (χ3n) is 5.54. The van der Waals surface area contributed by atoms with Gasteiger partial charge in [0.15, 0.2) is 0 Å². The summed E-state index contributed by atoms with van der Waals surface area (Å²) >= 11 is 0. The molecule has 2 N–H and O–H groups in total. The van der Waals surface area contributed by atoms with Gasteiger partial charge in [-0.05, 0) is 44.0 Å². The monoisotopic (exact) mass is 491 g/mol. The number of nitro benzene ring substituents is 1. The van der Waals surface area contributed by atoms with E-state index in [-0.39, 0.29) is 16.3 Å². The lowest BCUT2D eigenvalue weighted by Gasteiger charge is -2.28. The summed E-state index contributed by atoms with van der Waals surface area (Å²) in [6, 6.07) is 5.50. The zero-order chi connectivity index (χ0) is 24.4. The summed E-state index contributed by atoms with van der Waals surface area (Å²) < 4.78 is 72.6. The van der Waals surface area contributed by atoms with Gasteiger partial charge in [0.1, 0.15) is 17.2 Å². The van der Waals surface area contributed by atoms with E-state index < -0.39 is 51.1 Å². The summed E-state index contributed by atoms with van der Waals surface area (Å²) in [6.45, 7) is 1.56. The first-order valence-electron chi connectivity index (χ1n) is 10.2. The van der Waals surface area contributed by atoms with Crippen LogP contribution in [0.25, 0.3) is 0 Å². The Kier molecular flexibility index (Phi) is 7.05. The number of aryl methyl sites for hydroxylation is 1. The van der Waals surface area contributed by atoms with Gasteiger partial charge in [-0.2, -0.15) is 17.5 Å². The topological polar surface area (TPSA) is 126 Å². The molecule has 1 fully saturated rings. The summed E-state index contributed by atoms with van der Waals surface area (Å²) in [7, 11) is -3.93. The predicted octanol–water partition coefficient (Wildman–Crippen LogP) is 3.92. The molecule has 1 atom stereocenters. The van der Waals surface area contributed by atoms with E-state index in [0.717, 1.165) is 24.6 Å². The second kappa shape index (κ2) is 9.31. The van der Waals surface area contributed by atoms with Crippen molar-refractivity contribution < 1.29 is 36.0 Å². The largest absolute Gasteiger partial charge is 0.463 e. The number of anilines is 1. The summed E-state index contributed by atoms with van der Waals surface area (Å²) in [4.78, 5) is 10.5. The number of hydrogen-bond donors (Lipinski definition) is 2. The van der Waals surface area contributed by atoms with Crippen LogP contribution in [0.5, 0.6) is 0 Å². The van der Waals surface area contributed by atoms with E-state index in [2.05, 4.69) is 5.32 Å². The number of nitrogens with one attached hydrogen (secondary N) is 1. The van der Waals surface area contributed by atoms with Crippen molar-refractivity contribution >= 4 is 21.4 Å². The van der Waals surface area contributed by atoms with E-state index in [4.69, 9.17) is 4.42 Å². The van der Waals surface area contributed by atoms with Crippen molar-refractivity contribution in [3.05, 3.63) is 52.0 Å². The molecule has 3 rings (SSSR count). The Morgan fingerprint density at radius 2 is 1.85 bits per heavy atom. The van der Waals surface area contributed by atoms with Crippen LogP contribution in [-0.4, -0.2) is 48.6 Å². The van der Waals surface area contributed by atoms with Crippen molar-refractivity contribution in [3.8, 4) is 0 Å². The molecule has 9 nitrogen and oxygen atoms in total. The number of benzene rings is 1. The Balaban J connectivity index is 1.81. The highest BCUT2D eigenvalue weighted by Crippen LogP contribution is 2.42. The van der Waals surface area contributed by atoms with Gasteiger partial charge < -0.3 is 14.8 Å². The van der Waals surface area contributed by atoms with Gasteiger partial charge in [-0.15, -0.1) is 0 Å². The Labute approximate surface area is 188 Å².